The molecule has 0 amide bonds. The van der Waals surface area contributed by atoms with Crippen molar-refractivity contribution in [3.05, 3.63) is 56.8 Å². The average Bonchev–Trinajstić information content (AvgIpc) is 3.46. The van der Waals surface area contributed by atoms with Crippen LogP contribution in [0.25, 0.3) is 11.2 Å². The Kier molecular flexibility index (Phi) is 6.46. The fourth-order valence-electron chi connectivity index (χ4n) is 4.92. The molecule has 5 unspecified atom stereocenters. The Bertz CT molecular complexity index is 1890. The van der Waals surface area contributed by atoms with Gasteiger partial charge in [-0.25, -0.2) is 24.3 Å². The molecule has 18 nitrogen and oxygen atoms in total. The van der Waals surface area contributed by atoms with Crippen molar-refractivity contribution in [1.29, 1.82) is 0 Å². The lowest BCUT2D eigenvalue weighted by Crippen LogP contribution is -2.43. The minimum absolute atomic E-state index is 0.0957. The molecule has 0 saturated carbocycles. The lowest BCUT2D eigenvalue weighted by Gasteiger charge is -2.32. The van der Waals surface area contributed by atoms with Gasteiger partial charge in [0.25, 0.3) is 5.56 Å². The van der Waals surface area contributed by atoms with Crippen LogP contribution in [0.3, 0.4) is 0 Å². The van der Waals surface area contributed by atoms with Crippen LogP contribution in [-0.4, -0.2) is 69.5 Å². The minimum Gasteiger partial charge on any atom is -0.387 e. The molecule has 6 rings (SSSR count). The van der Waals surface area contributed by atoms with E-state index in [9.17, 15) is 29.3 Å². The van der Waals surface area contributed by atoms with Gasteiger partial charge in [-0.3, -0.25) is 23.9 Å². The third-order valence-corrected chi connectivity index (χ3v) is 8.13. The molecule has 19 heteroatoms. The molecule has 0 aliphatic carbocycles. The number of imidazole rings is 1. The summed E-state index contributed by atoms with van der Waals surface area (Å²) in [5, 5.41) is 25.4. The Morgan fingerprint density at radius 3 is 2.67 bits per heavy atom. The summed E-state index contributed by atoms with van der Waals surface area (Å²) in [6.07, 6.45) is -1.93. The Hall–Kier alpha value is -4.16. The summed E-state index contributed by atoms with van der Waals surface area (Å²) in [7, 11) is -5.04. The van der Waals surface area contributed by atoms with Crippen LogP contribution < -0.4 is 27.4 Å². The number of H-pyrrole nitrogens is 2. The number of fused-ring (bicyclic) bond motifs is 3. The topological polar surface area (TPSA) is 256 Å². The van der Waals surface area contributed by atoms with Gasteiger partial charge in [-0.1, -0.05) is 0 Å². The summed E-state index contributed by atoms with van der Waals surface area (Å²) in [6.45, 7) is 4.38. The Morgan fingerprint density at radius 1 is 1.17 bits per heavy atom. The Labute approximate surface area is 235 Å². The second-order valence-corrected chi connectivity index (χ2v) is 11.4. The largest absolute Gasteiger partial charge is 0.494 e. The quantitative estimate of drug-likeness (QED) is 0.145. The number of nitrogens with zero attached hydrogens (tertiary/aromatic N) is 5. The number of aliphatic hydroxyl groups is 2. The van der Waals surface area contributed by atoms with Gasteiger partial charge < -0.3 is 30.9 Å². The maximum absolute atomic E-state index is 13.2. The predicted molar refractivity (Wildman–Crippen MR) is 146 cm³/mol. The first-order valence-electron chi connectivity index (χ1n) is 12.5. The molecule has 5 atom stereocenters. The van der Waals surface area contributed by atoms with E-state index in [1.807, 2.05) is 6.92 Å². The highest BCUT2D eigenvalue weighted by Crippen LogP contribution is 2.52. The molecule has 0 radical (unpaired) electrons. The number of benzene rings is 1. The summed E-state index contributed by atoms with van der Waals surface area (Å²) < 4.78 is 31.0. The molecule has 5 heterocycles. The normalized spacial score (nSPS) is 24.7. The summed E-state index contributed by atoms with van der Waals surface area (Å²) in [5.74, 6) is -0.149. The Morgan fingerprint density at radius 2 is 1.90 bits per heavy atom. The summed E-state index contributed by atoms with van der Waals surface area (Å²) in [4.78, 5) is 51.9. The van der Waals surface area contributed by atoms with Crippen LogP contribution >= 0.6 is 7.82 Å². The average molecular weight is 603 g/mol. The molecular formula is C23H26N9O9P. The van der Waals surface area contributed by atoms with Crippen molar-refractivity contribution in [3.8, 4) is 0 Å². The van der Waals surface area contributed by atoms with E-state index in [1.54, 1.807) is 19.1 Å². The summed E-state index contributed by atoms with van der Waals surface area (Å²) in [6, 6.07) is 3.32. The number of aryl methyl sites for hydroxylation is 2. The molecule has 42 heavy (non-hydrogen) atoms. The number of aliphatic hydroxyl groups excluding tert-OH is 2. The summed E-state index contributed by atoms with van der Waals surface area (Å²) in [5.41, 5.74) is 5.05. The third-order valence-electron chi connectivity index (χ3n) is 7.29. The third kappa shape index (κ3) is 4.45. The zero-order chi connectivity index (χ0) is 30.1. The number of phosphoric acid groups is 1. The predicted octanol–water partition coefficient (Wildman–Crippen LogP) is 0.139. The smallest absolute Gasteiger partial charge is 0.387 e. The van der Waals surface area contributed by atoms with Crippen LogP contribution in [0.1, 0.15) is 18.1 Å². The van der Waals surface area contributed by atoms with Gasteiger partial charge in [0.2, 0.25) is 0 Å². The first-order valence-corrected chi connectivity index (χ1v) is 14.0. The number of nitrogens with two attached hydrogens (primary N) is 1. The molecule has 1 saturated heterocycles. The first-order chi connectivity index (χ1) is 19.8. The molecule has 2 aliphatic heterocycles. The molecule has 0 bridgehead atoms. The molecular weight excluding hydrogens is 577 g/mol. The number of nitrogen functional groups attached to an aromatic ring is 1. The van der Waals surface area contributed by atoms with Crippen LogP contribution in [0, 0.1) is 13.8 Å². The van der Waals surface area contributed by atoms with E-state index in [0.29, 0.717) is 5.69 Å². The van der Waals surface area contributed by atoms with E-state index in [4.69, 9.17) is 19.6 Å². The van der Waals surface area contributed by atoms with Crippen LogP contribution in [0.4, 0.5) is 28.7 Å². The van der Waals surface area contributed by atoms with Gasteiger partial charge in [0, 0.05) is 0 Å². The van der Waals surface area contributed by atoms with E-state index in [-0.39, 0.29) is 34.2 Å². The first kappa shape index (κ1) is 28.0. The maximum Gasteiger partial charge on any atom is 0.494 e. The van der Waals surface area contributed by atoms with Gasteiger partial charge in [-0.15, -0.1) is 0 Å². The fraction of sp³-hybridized carbons (Fsp3) is 0.348. The van der Waals surface area contributed by atoms with Crippen molar-refractivity contribution in [3.63, 3.8) is 0 Å². The van der Waals surface area contributed by atoms with Crippen molar-refractivity contribution >= 4 is 47.7 Å². The standard InChI is InChI=1S/C23H26N9O9P/c1-9-4-11-12(5-10(9)2)32(20-15(28-11)21(35)30-22(36)29-20)41-42(37,38)39-6-13-16(33)17(34)23(3,40-13)31-8-27-14-18(24)25-7-26-19(14)31/h4-5,7-8,13,16-17,28,33-34H,6H2,1-3H3,(H,37,38)(H2,24,25,26)(H2,29,30,35,36). The van der Waals surface area contributed by atoms with Crippen LogP contribution in [0.15, 0.2) is 34.4 Å². The van der Waals surface area contributed by atoms with Gasteiger partial charge in [0.1, 0.15) is 35.8 Å². The van der Waals surface area contributed by atoms with Crippen molar-refractivity contribution in [2.75, 3.05) is 22.7 Å². The van der Waals surface area contributed by atoms with Gasteiger partial charge in [-0.05, 0) is 44.0 Å². The number of aromatic amines is 2. The van der Waals surface area contributed by atoms with Crippen molar-refractivity contribution in [1.82, 2.24) is 29.5 Å². The van der Waals surface area contributed by atoms with E-state index in [2.05, 4.69) is 30.2 Å². The molecule has 3 aromatic heterocycles. The molecule has 8 N–H and O–H groups in total. The highest BCUT2D eigenvalue weighted by molar-refractivity contribution is 7.47. The lowest BCUT2D eigenvalue weighted by molar-refractivity contribution is -0.131. The number of nitrogens with one attached hydrogen (secondary N) is 3. The van der Waals surface area contributed by atoms with Crippen LogP contribution in [0.5, 0.6) is 0 Å². The van der Waals surface area contributed by atoms with Gasteiger partial charge in [-0.2, -0.15) is 9.69 Å². The number of rotatable bonds is 6. The van der Waals surface area contributed by atoms with Crippen LogP contribution in [0.2, 0.25) is 0 Å². The minimum atomic E-state index is -5.04. The molecule has 4 aromatic rings. The number of phosphoric ester groups is 1. The van der Waals surface area contributed by atoms with Crippen molar-refractivity contribution in [2.24, 2.45) is 0 Å². The van der Waals surface area contributed by atoms with E-state index < -0.39 is 49.7 Å². The van der Waals surface area contributed by atoms with Crippen molar-refractivity contribution in [2.45, 2.75) is 44.8 Å². The maximum atomic E-state index is 13.2. The zero-order valence-electron chi connectivity index (χ0n) is 22.3. The van der Waals surface area contributed by atoms with Gasteiger partial charge in [0.05, 0.1) is 24.3 Å². The summed E-state index contributed by atoms with van der Waals surface area (Å²) >= 11 is 0. The van der Waals surface area contributed by atoms with Crippen molar-refractivity contribution < 1.29 is 33.6 Å². The second-order valence-electron chi connectivity index (χ2n) is 10.0. The molecule has 1 aromatic carbocycles. The van der Waals surface area contributed by atoms with Gasteiger partial charge in [0.15, 0.2) is 23.0 Å². The lowest BCUT2D eigenvalue weighted by atomic mass is 10.0. The number of hydrogen-bond acceptors (Lipinski definition) is 14. The molecule has 2 aliphatic rings. The van der Waals surface area contributed by atoms with E-state index >= 15 is 0 Å². The monoisotopic (exact) mass is 603 g/mol. The SMILES string of the molecule is Cc1cc2c(cc1C)N(OP(=O)(O)OCC1OC(C)(n3cnc4c(N)ncnc43)C(O)C1O)c1[nH]c(=O)[nH]c(=O)c1N2. The van der Waals surface area contributed by atoms with E-state index in [0.717, 1.165) is 16.2 Å². The number of hydrogen-bond donors (Lipinski definition) is 7. The molecule has 0 spiro atoms. The van der Waals surface area contributed by atoms with E-state index in [1.165, 1.54) is 24.1 Å². The highest BCUT2D eigenvalue weighted by Gasteiger charge is 2.54. The van der Waals surface area contributed by atoms with Gasteiger partial charge >= 0.3 is 13.5 Å². The fourth-order valence-corrected chi connectivity index (χ4v) is 5.68. The number of aromatic nitrogens is 6. The zero-order valence-corrected chi connectivity index (χ0v) is 23.2. The van der Waals surface area contributed by atoms with Crippen LogP contribution in [-0.2, 0) is 24.2 Å². The molecule has 222 valence electrons. The number of anilines is 5. The number of ether oxygens (including phenoxy) is 1. The molecule has 1 fully saturated rings. The highest BCUT2D eigenvalue weighted by atomic mass is 31.2. The Balaban J connectivity index is 1.26. The second kappa shape index (κ2) is 9.70.